The third kappa shape index (κ3) is 5.28. The zero-order valence-electron chi connectivity index (χ0n) is 22.5. The first-order valence-electron chi connectivity index (χ1n) is 12.9. The molecule has 5 rings (SSSR count). The van der Waals surface area contributed by atoms with Crippen LogP contribution in [0.5, 0.6) is 5.75 Å². The lowest BCUT2D eigenvalue weighted by molar-refractivity contribution is -0.143. The predicted octanol–water partition coefficient (Wildman–Crippen LogP) is 1.04. The van der Waals surface area contributed by atoms with E-state index in [9.17, 15) is 22.8 Å². The zero-order valence-corrected chi connectivity index (χ0v) is 23.3. The summed E-state index contributed by atoms with van der Waals surface area (Å²) >= 11 is 0. The van der Waals surface area contributed by atoms with Crippen molar-refractivity contribution in [3.05, 3.63) is 58.1 Å². The van der Waals surface area contributed by atoms with E-state index in [1.807, 2.05) is 19.9 Å². The largest absolute Gasteiger partial charge is 0.481 e. The lowest BCUT2D eigenvalue weighted by Crippen LogP contribution is -2.49. The van der Waals surface area contributed by atoms with Gasteiger partial charge in [-0.25, -0.2) is 22.6 Å². The number of carbonyl (C=O) groups is 2. The fraction of sp³-hybridized carbons (Fsp3) is 0.462. The van der Waals surface area contributed by atoms with E-state index < -0.39 is 21.6 Å². The van der Waals surface area contributed by atoms with Gasteiger partial charge in [0.05, 0.1) is 31.3 Å². The molecule has 214 valence electrons. The van der Waals surface area contributed by atoms with Gasteiger partial charge in [-0.2, -0.15) is 0 Å². The molecule has 2 aromatic heterocycles. The maximum Gasteiger partial charge on any atom is 0.360 e. The summed E-state index contributed by atoms with van der Waals surface area (Å²) in [5.41, 5.74) is -0.430. The van der Waals surface area contributed by atoms with Gasteiger partial charge < -0.3 is 23.7 Å². The number of aromatic nitrogens is 3. The molecule has 40 heavy (non-hydrogen) atoms. The Morgan fingerprint density at radius 1 is 1.12 bits per heavy atom. The number of amides is 1. The van der Waals surface area contributed by atoms with E-state index in [2.05, 4.69) is 4.98 Å². The van der Waals surface area contributed by atoms with Crippen LogP contribution in [-0.4, -0.2) is 83.9 Å². The molecule has 1 amide bonds. The lowest BCUT2D eigenvalue weighted by atomic mass is 10.2. The number of esters is 1. The number of ether oxygens (including phenoxy) is 3. The summed E-state index contributed by atoms with van der Waals surface area (Å²) in [6.45, 7) is 4.38. The van der Waals surface area contributed by atoms with Crippen molar-refractivity contribution < 1.29 is 32.2 Å². The number of imidazole rings is 1. The van der Waals surface area contributed by atoms with Gasteiger partial charge in [-0.1, -0.05) is 30.3 Å². The lowest BCUT2D eigenvalue weighted by Gasteiger charge is -2.35. The molecule has 0 spiro atoms. The van der Waals surface area contributed by atoms with Crippen LogP contribution in [0.25, 0.3) is 5.78 Å². The number of methoxy groups -OCH3 is 1. The minimum atomic E-state index is -3.71. The maximum absolute atomic E-state index is 13.9. The number of hydrogen-bond donors (Lipinski definition) is 0. The van der Waals surface area contributed by atoms with Crippen LogP contribution in [-0.2, 0) is 37.4 Å². The summed E-state index contributed by atoms with van der Waals surface area (Å²) in [4.78, 5) is 46.0. The van der Waals surface area contributed by atoms with Crippen molar-refractivity contribution in [2.45, 2.75) is 45.6 Å². The van der Waals surface area contributed by atoms with E-state index >= 15 is 0 Å². The Labute approximate surface area is 230 Å². The van der Waals surface area contributed by atoms with Gasteiger partial charge in [0.1, 0.15) is 19.0 Å². The van der Waals surface area contributed by atoms with Crippen molar-refractivity contribution >= 4 is 33.5 Å². The SMILES string of the molecule is COC(=O)c1nc2n(CC(=O)N3CC(C)OC(C)C3)cc(N3CCCS3(=O)=O)n2c(=O)c1OCc1ccccc1. The van der Waals surface area contributed by atoms with Gasteiger partial charge in [0.25, 0.3) is 0 Å². The molecule has 13 nitrogen and oxygen atoms in total. The van der Waals surface area contributed by atoms with Crippen LogP contribution >= 0.6 is 0 Å². The van der Waals surface area contributed by atoms with Gasteiger partial charge in [0.2, 0.25) is 27.5 Å². The monoisotopic (exact) mass is 573 g/mol. The van der Waals surface area contributed by atoms with Crippen molar-refractivity contribution in [3.8, 4) is 5.75 Å². The molecule has 14 heteroatoms. The topological polar surface area (TPSA) is 142 Å². The van der Waals surface area contributed by atoms with E-state index in [4.69, 9.17) is 14.2 Å². The molecule has 1 aromatic carbocycles. The Balaban J connectivity index is 1.63. The molecule has 4 heterocycles. The minimum absolute atomic E-state index is 0.0162. The number of fused-ring (bicyclic) bond motifs is 1. The highest BCUT2D eigenvalue weighted by molar-refractivity contribution is 7.93. The number of rotatable bonds is 7. The fourth-order valence-corrected chi connectivity index (χ4v) is 6.60. The fourth-order valence-electron chi connectivity index (χ4n) is 5.06. The summed E-state index contributed by atoms with van der Waals surface area (Å²) in [5.74, 6) is -1.71. The van der Waals surface area contributed by atoms with Crippen LogP contribution in [0.15, 0.2) is 41.3 Å². The number of hydrogen-bond acceptors (Lipinski definition) is 9. The highest BCUT2D eigenvalue weighted by Crippen LogP contribution is 2.27. The zero-order chi connectivity index (χ0) is 28.6. The Bertz CT molecular complexity index is 1590. The highest BCUT2D eigenvalue weighted by atomic mass is 32.2. The van der Waals surface area contributed by atoms with Crippen molar-refractivity contribution in [1.82, 2.24) is 18.9 Å². The molecular weight excluding hydrogens is 542 g/mol. The Kier molecular flexibility index (Phi) is 7.55. The van der Waals surface area contributed by atoms with E-state index in [0.717, 1.165) is 21.4 Å². The average Bonchev–Trinajstić information content (AvgIpc) is 3.46. The molecule has 3 aromatic rings. The van der Waals surface area contributed by atoms with Crippen LogP contribution in [0.4, 0.5) is 5.82 Å². The molecule has 0 aliphatic carbocycles. The summed E-state index contributed by atoms with van der Waals surface area (Å²) in [6, 6.07) is 9.02. The maximum atomic E-state index is 13.9. The van der Waals surface area contributed by atoms with Crippen molar-refractivity contribution in [2.24, 2.45) is 0 Å². The second-order valence-corrected chi connectivity index (χ2v) is 11.9. The first-order chi connectivity index (χ1) is 19.1. The Hall–Kier alpha value is -3.91. The smallest absolute Gasteiger partial charge is 0.360 e. The van der Waals surface area contributed by atoms with Crippen molar-refractivity contribution in [2.75, 3.05) is 36.8 Å². The molecule has 2 aliphatic heterocycles. The number of morpholine rings is 1. The highest BCUT2D eigenvalue weighted by Gasteiger charge is 2.35. The number of benzene rings is 1. The molecular formula is C26H31N5O8S. The van der Waals surface area contributed by atoms with Crippen LogP contribution < -0.4 is 14.6 Å². The molecule has 0 radical (unpaired) electrons. The molecule has 0 saturated carbocycles. The van der Waals surface area contributed by atoms with E-state index in [-0.39, 0.29) is 66.6 Å². The Morgan fingerprint density at radius 2 is 1.82 bits per heavy atom. The molecule has 0 bridgehead atoms. The third-order valence-electron chi connectivity index (χ3n) is 6.82. The van der Waals surface area contributed by atoms with Gasteiger partial charge in [0, 0.05) is 19.6 Å². The molecule has 2 atom stereocenters. The minimum Gasteiger partial charge on any atom is -0.481 e. The van der Waals surface area contributed by atoms with Gasteiger partial charge in [-0.3, -0.25) is 13.9 Å². The number of anilines is 1. The van der Waals surface area contributed by atoms with Crippen molar-refractivity contribution in [1.29, 1.82) is 0 Å². The van der Waals surface area contributed by atoms with Gasteiger partial charge in [-0.05, 0) is 25.8 Å². The normalized spacial score (nSPS) is 20.6. The molecule has 2 saturated heterocycles. The second kappa shape index (κ2) is 10.9. The first-order valence-corrected chi connectivity index (χ1v) is 14.5. The summed E-state index contributed by atoms with van der Waals surface area (Å²) in [6.07, 6.45) is 1.46. The van der Waals surface area contributed by atoms with Crippen LogP contribution in [0, 0.1) is 0 Å². The van der Waals surface area contributed by atoms with Crippen LogP contribution in [0.1, 0.15) is 36.3 Å². The van der Waals surface area contributed by atoms with Crippen LogP contribution in [0.3, 0.4) is 0 Å². The van der Waals surface area contributed by atoms with Gasteiger partial charge in [0.15, 0.2) is 5.69 Å². The molecule has 2 unspecified atom stereocenters. The Morgan fingerprint density at radius 3 is 2.45 bits per heavy atom. The summed E-state index contributed by atoms with van der Waals surface area (Å²) in [5, 5.41) is 0. The number of carbonyl (C=O) groups excluding carboxylic acids is 2. The van der Waals surface area contributed by atoms with Crippen LogP contribution in [0.2, 0.25) is 0 Å². The third-order valence-corrected chi connectivity index (χ3v) is 8.66. The quantitative estimate of drug-likeness (QED) is 0.379. The van der Waals surface area contributed by atoms with E-state index in [1.54, 1.807) is 29.2 Å². The second-order valence-electron chi connectivity index (χ2n) is 9.91. The average molecular weight is 574 g/mol. The van der Waals surface area contributed by atoms with E-state index in [0.29, 0.717) is 19.5 Å². The van der Waals surface area contributed by atoms with E-state index in [1.165, 1.54) is 10.8 Å². The standard InChI is InChI=1S/C26H31N5O8S/c1-17-12-28(13-18(2)39-17)21(32)15-29-14-20(30-10-7-11-40(30,35)36)31-24(33)23(22(25(34)37-3)27-26(29)31)38-16-19-8-5-4-6-9-19/h4-6,8-9,14,17-18H,7,10-13,15-16H2,1-3H3. The molecule has 0 N–H and O–H groups in total. The molecule has 2 fully saturated rings. The molecule has 2 aliphatic rings. The number of sulfonamides is 1. The van der Waals surface area contributed by atoms with Gasteiger partial charge in [-0.15, -0.1) is 0 Å². The number of nitrogens with zero attached hydrogens (tertiary/aromatic N) is 5. The van der Waals surface area contributed by atoms with Gasteiger partial charge >= 0.3 is 11.5 Å². The van der Waals surface area contributed by atoms with Crippen molar-refractivity contribution in [3.63, 3.8) is 0 Å². The summed E-state index contributed by atoms with van der Waals surface area (Å²) < 4.78 is 45.7. The summed E-state index contributed by atoms with van der Waals surface area (Å²) in [7, 11) is -2.56. The first kappa shape index (κ1) is 27.6. The predicted molar refractivity (Wildman–Crippen MR) is 144 cm³/mol.